The van der Waals surface area contributed by atoms with Crippen molar-refractivity contribution in [3.63, 3.8) is 0 Å². The monoisotopic (exact) mass is 351 g/mol. The number of hydrogen-bond donors (Lipinski definition) is 1. The van der Waals surface area contributed by atoms with Crippen LogP contribution in [-0.2, 0) is 9.53 Å². The second kappa shape index (κ2) is 8.15. The number of hydrogen-bond acceptors (Lipinski definition) is 6. The number of primary amides is 1. The molecule has 1 unspecified atom stereocenters. The average Bonchev–Trinajstić information content (AvgIpc) is 2.65. The van der Waals surface area contributed by atoms with Gasteiger partial charge in [0.15, 0.2) is 0 Å². The number of carbonyl (C=O) groups excluding carboxylic acids is 2. The van der Waals surface area contributed by atoms with Crippen molar-refractivity contribution in [2.24, 2.45) is 11.1 Å². The molecular weight excluding hydrogens is 326 g/mol. The maximum Gasteiger partial charge on any atom is 0.259 e. The number of likely N-dealkylation sites (tertiary alicyclic amines) is 1. The summed E-state index contributed by atoms with van der Waals surface area (Å²) in [6.07, 6.45) is 1.83. The zero-order valence-corrected chi connectivity index (χ0v) is 14.9. The minimum Gasteiger partial charge on any atom is -0.481 e. The van der Waals surface area contributed by atoms with E-state index in [1.807, 2.05) is 0 Å². The Bertz CT molecular complexity index is 637. The van der Waals surface area contributed by atoms with Crippen molar-refractivity contribution in [3.8, 4) is 11.8 Å². The molecule has 2 rings (SSSR count). The molecule has 2 heterocycles. The molecule has 1 aromatic heterocycles. The summed E-state index contributed by atoms with van der Waals surface area (Å²) in [5.74, 6) is -0.0910. The molecule has 138 valence electrons. The molecule has 1 aromatic rings. The zero-order chi connectivity index (χ0) is 18.4. The number of pyridine rings is 1. The van der Waals surface area contributed by atoms with Gasteiger partial charge in [-0.25, -0.2) is 0 Å². The fourth-order valence-corrected chi connectivity index (χ4v) is 3.16. The van der Waals surface area contributed by atoms with Crippen LogP contribution < -0.4 is 15.2 Å². The molecule has 8 heteroatoms. The summed E-state index contributed by atoms with van der Waals surface area (Å²) < 4.78 is 15.4. The van der Waals surface area contributed by atoms with Gasteiger partial charge in [-0.15, -0.1) is 0 Å². The zero-order valence-electron chi connectivity index (χ0n) is 14.9. The Balaban J connectivity index is 2.25. The topological polar surface area (TPSA) is 104 Å². The van der Waals surface area contributed by atoms with Gasteiger partial charge in [-0.1, -0.05) is 0 Å². The quantitative estimate of drug-likeness (QED) is 0.781. The molecule has 1 aliphatic heterocycles. The summed E-state index contributed by atoms with van der Waals surface area (Å²) in [7, 11) is 4.51. The van der Waals surface area contributed by atoms with Crippen LogP contribution in [0, 0.1) is 5.41 Å². The van der Waals surface area contributed by atoms with Gasteiger partial charge >= 0.3 is 0 Å². The predicted octanol–water partition coefficient (Wildman–Crippen LogP) is 0.843. The molecule has 0 aliphatic carbocycles. The smallest absolute Gasteiger partial charge is 0.259 e. The van der Waals surface area contributed by atoms with E-state index in [0.717, 1.165) is 0 Å². The van der Waals surface area contributed by atoms with E-state index in [2.05, 4.69) is 4.98 Å². The van der Waals surface area contributed by atoms with Gasteiger partial charge in [-0.3, -0.25) is 9.59 Å². The van der Waals surface area contributed by atoms with Crippen molar-refractivity contribution >= 4 is 11.8 Å². The standard InChI is InChI=1S/C17H25N3O5/c1-23-10-8-17(16(18)22)7-4-9-20(11-17)15(21)12-5-6-13(24-2)19-14(12)25-3/h5-6H,4,7-11H2,1-3H3,(H2,18,22). The molecule has 1 fully saturated rings. The van der Waals surface area contributed by atoms with E-state index in [9.17, 15) is 9.59 Å². The van der Waals surface area contributed by atoms with Crippen molar-refractivity contribution in [2.75, 3.05) is 41.0 Å². The lowest BCUT2D eigenvalue weighted by atomic mass is 9.76. The molecule has 0 aromatic carbocycles. The number of ether oxygens (including phenoxy) is 3. The van der Waals surface area contributed by atoms with Gasteiger partial charge in [0, 0.05) is 32.9 Å². The SMILES string of the molecule is COCCC1(C(N)=O)CCCN(C(=O)c2ccc(OC)nc2OC)C1. The van der Waals surface area contributed by atoms with E-state index in [4.69, 9.17) is 19.9 Å². The van der Waals surface area contributed by atoms with Gasteiger partial charge in [0.05, 0.1) is 19.6 Å². The van der Waals surface area contributed by atoms with Crippen LogP contribution in [0.3, 0.4) is 0 Å². The number of rotatable bonds is 7. The van der Waals surface area contributed by atoms with E-state index in [0.29, 0.717) is 43.9 Å². The van der Waals surface area contributed by atoms with Crippen LogP contribution in [0.4, 0.5) is 0 Å². The molecule has 0 radical (unpaired) electrons. The van der Waals surface area contributed by atoms with Crippen molar-refractivity contribution < 1.29 is 23.8 Å². The Labute approximate surface area is 147 Å². The van der Waals surface area contributed by atoms with Crippen LogP contribution in [0.15, 0.2) is 12.1 Å². The van der Waals surface area contributed by atoms with Crippen molar-refractivity contribution in [3.05, 3.63) is 17.7 Å². The third kappa shape index (κ3) is 4.01. The fourth-order valence-electron chi connectivity index (χ4n) is 3.16. The van der Waals surface area contributed by atoms with Crippen LogP contribution in [0.2, 0.25) is 0 Å². The molecule has 25 heavy (non-hydrogen) atoms. The minimum atomic E-state index is -0.767. The molecule has 0 saturated carbocycles. The molecule has 1 atom stereocenters. The Morgan fingerprint density at radius 3 is 2.64 bits per heavy atom. The molecule has 2 amide bonds. The van der Waals surface area contributed by atoms with Gasteiger partial charge in [0.25, 0.3) is 5.91 Å². The van der Waals surface area contributed by atoms with Crippen molar-refractivity contribution in [1.29, 1.82) is 0 Å². The van der Waals surface area contributed by atoms with Crippen molar-refractivity contribution in [1.82, 2.24) is 9.88 Å². The van der Waals surface area contributed by atoms with Gasteiger partial charge in [-0.05, 0) is 25.3 Å². The fraction of sp³-hybridized carbons (Fsp3) is 0.588. The number of amides is 2. The highest BCUT2D eigenvalue weighted by Gasteiger charge is 2.42. The average molecular weight is 351 g/mol. The highest BCUT2D eigenvalue weighted by atomic mass is 16.5. The molecule has 1 aliphatic rings. The molecule has 2 N–H and O–H groups in total. The Morgan fingerprint density at radius 1 is 1.28 bits per heavy atom. The third-order valence-corrected chi connectivity index (χ3v) is 4.64. The lowest BCUT2D eigenvalue weighted by Gasteiger charge is -2.40. The normalized spacial score (nSPS) is 20.2. The molecule has 0 spiro atoms. The van der Waals surface area contributed by atoms with Crippen LogP contribution in [0.1, 0.15) is 29.6 Å². The van der Waals surface area contributed by atoms with Crippen LogP contribution in [-0.4, -0.2) is 62.7 Å². The van der Waals surface area contributed by atoms with Gasteiger partial charge in [0.1, 0.15) is 5.56 Å². The van der Waals surface area contributed by atoms with Gasteiger partial charge < -0.3 is 24.8 Å². The minimum absolute atomic E-state index is 0.191. The first-order chi connectivity index (χ1) is 12.0. The van der Waals surface area contributed by atoms with Crippen LogP contribution in [0.25, 0.3) is 0 Å². The molecule has 8 nitrogen and oxygen atoms in total. The van der Waals surface area contributed by atoms with Gasteiger partial charge in [0.2, 0.25) is 17.7 Å². The van der Waals surface area contributed by atoms with E-state index in [1.165, 1.54) is 14.2 Å². The predicted molar refractivity (Wildman–Crippen MR) is 90.6 cm³/mol. The summed E-state index contributed by atoms with van der Waals surface area (Å²) in [5, 5.41) is 0. The third-order valence-electron chi connectivity index (χ3n) is 4.64. The Morgan fingerprint density at radius 2 is 2.04 bits per heavy atom. The maximum atomic E-state index is 12.9. The lowest BCUT2D eigenvalue weighted by Crippen LogP contribution is -2.52. The molecule has 1 saturated heterocycles. The largest absolute Gasteiger partial charge is 0.481 e. The maximum absolute atomic E-state index is 12.9. The summed E-state index contributed by atoms with van der Waals surface area (Å²) in [5.41, 5.74) is 5.21. The van der Waals surface area contributed by atoms with E-state index in [-0.39, 0.29) is 18.3 Å². The summed E-state index contributed by atoms with van der Waals surface area (Å²) in [6, 6.07) is 3.22. The van der Waals surface area contributed by atoms with E-state index in [1.54, 1.807) is 24.1 Å². The van der Waals surface area contributed by atoms with Gasteiger partial charge in [-0.2, -0.15) is 4.98 Å². The van der Waals surface area contributed by atoms with E-state index >= 15 is 0 Å². The highest BCUT2D eigenvalue weighted by Crippen LogP contribution is 2.34. The number of nitrogens with two attached hydrogens (primary N) is 1. The number of aromatic nitrogens is 1. The number of piperidine rings is 1. The number of methoxy groups -OCH3 is 3. The highest BCUT2D eigenvalue weighted by molar-refractivity contribution is 5.97. The summed E-state index contributed by atoms with van der Waals surface area (Å²) in [6.45, 7) is 1.23. The number of carbonyl (C=O) groups is 2. The van der Waals surface area contributed by atoms with Crippen molar-refractivity contribution in [2.45, 2.75) is 19.3 Å². The Kier molecular flexibility index (Phi) is 6.19. The first kappa shape index (κ1) is 19.0. The summed E-state index contributed by atoms with van der Waals surface area (Å²) >= 11 is 0. The molecular formula is C17H25N3O5. The van der Waals surface area contributed by atoms with E-state index < -0.39 is 11.3 Å². The first-order valence-corrected chi connectivity index (χ1v) is 8.14. The number of nitrogens with zero attached hydrogens (tertiary/aromatic N) is 2. The summed E-state index contributed by atoms with van der Waals surface area (Å²) in [4.78, 5) is 30.8. The Hall–Kier alpha value is -2.35. The molecule has 0 bridgehead atoms. The lowest BCUT2D eigenvalue weighted by molar-refractivity contribution is -0.131. The first-order valence-electron chi connectivity index (χ1n) is 8.14. The second-order valence-corrected chi connectivity index (χ2v) is 6.13. The van der Waals surface area contributed by atoms with Crippen LogP contribution in [0.5, 0.6) is 11.8 Å². The van der Waals surface area contributed by atoms with Crippen LogP contribution >= 0.6 is 0 Å². The second-order valence-electron chi connectivity index (χ2n) is 6.13.